The van der Waals surface area contributed by atoms with E-state index in [9.17, 15) is 10.1 Å². The summed E-state index contributed by atoms with van der Waals surface area (Å²) >= 11 is 0. The summed E-state index contributed by atoms with van der Waals surface area (Å²) in [6.45, 7) is 1.01. The molecule has 0 aliphatic heterocycles. The van der Waals surface area contributed by atoms with Gasteiger partial charge in [0.2, 0.25) is 6.33 Å². The van der Waals surface area contributed by atoms with E-state index in [0.29, 0.717) is 13.1 Å². The molecule has 6 nitrogen and oxygen atoms in total. The second-order valence-electron chi connectivity index (χ2n) is 2.02. The Morgan fingerprint density at radius 1 is 1.75 bits per heavy atom. The monoisotopic (exact) mass is 192 g/mol. The average molecular weight is 193 g/mol. The number of nitro groups is 1. The summed E-state index contributed by atoms with van der Waals surface area (Å²) in [5.41, 5.74) is 5.23. The summed E-state index contributed by atoms with van der Waals surface area (Å²) in [5, 5.41) is 10.1. The van der Waals surface area contributed by atoms with E-state index in [1.807, 2.05) is 0 Å². The fourth-order valence-corrected chi connectivity index (χ4v) is 0.714. The van der Waals surface area contributed by atoms with Gasteiger partial charge in [-0.25, -0.2) is 0 Å². The molecule has 1 aromatic rings. The lowest BCUT2D eigenvalue weighted by Crippen LogP contribution is -2.07. The summed E-state index contributed by atoms with van der Waals surface area (Å²) in [5.74, 6) is -0.140. The molecular formula is C5H9ClN4O2. The van der Waals surface area contributed by atoms with Gasteiger partial charge < -0.3 is 20.4 Å². The van der Waals surface area contributed by atoms with Gasteiger partial charge in [0.1, 0.15) is 6.20 Å². The van der Waals surface area contributed by atoms with Crippen LogP contribution in [0.25, 0.3) is 0 Å². The molecule has 0 amide bonds. The van der Waals surface area contributed by atoms with Crippen molar-refractivity contribution in [1.82, 2.24) is 9.55 Å². The van der Waals surface area contributed by atoms with Gasteiger partial charge in [-0.1, -0.05) is 0 Å². The second kappa shape index (κ2) is 4.68. The van der Waals surface area contributed by atoms with Crippen LogP contribution < -0.4 is 5.73 Å². The van der Waals surface area contributed by atoms with Gasteiger partial charge in [-0.05, 0) is 9.91 Å². The Morgan fingerprint density at radius 3 is 2.83 bits per heavy atom. The highest BCUT2D eigenvalue weighted by atomic mass is 35.5. The van der Waals surface area contributed by atoms with Gasteiger partial charge >= 0.3 is 5.82 Å². The molecule has 0 atom stereocenters. The molecule has 0 radical (unpaired) electrons. The summed E-state index contributed by atoms with van der Waals surface area (Å²) in [6.07, 6.45) is 2.75. The topological polar surface area (TPSA) is 87.0 Å². The van der Waals surface area contributed by atoms with E-state index < -0.39 is 4.92 Å². The van der Waals surface area contributed by atoms with Gasteiger partial charge in [0.25, 0.3) is 0 Å². The Hall–Kier alpha value is -1.14. The minimum absolute atomic E-state index is 0. The molecule has 0 saturated carbocycles. The summed E-state index contributed by atoms with van der Waals surface area (Å²) < 4.78 is 1.58. The predicted molar refractivity (Wildman–Crippen MR) is 45.2 cm³/mol. The quantitative estimate of drug-likeness (QED) is 0.546. The minimum Gasteiger partial charge on any atom is -0.358 e. The fraction of sp³-hybridized carbons (Fsp3) is 0.400. The van der Waals surface area contributed by atoms with Gasteiger partial charge in [-0.2, -0.15) is 0 Å². The summed E-state index contributed by atoms with van der Waals surface area (Å²) in [6, 6.07) is 0. The normalized spacial score (nSPS) is 9.08. The molecular weight excluding hydrogens is 184 g/mol. The van der Waals surface area contributed by atoms with Crippen LogP contribution in [-0.2, 0) is 6.54 Å². The largest absolute Gasteiger partial charge is 0.381 e. The lowest BCUT2D eigenvalue weighted by Gasteiger charge is -1.92. The Labute approximate surface area is 74.9 Å². The molecule has 0 saturated heterocycles. The number of imidazole rings is 1. The first kappa shape index (κ1) is 10.9. The van der Waals surface area contributed by atoms with Gasteiger partial charge in [-0.15, -0.1) is 12.4 Å². The van der Waals surface area contributed by atoms with Crippen molar-refractivity contribution in [3.8, 4) is 0 Å². The van der Waals surface area contributed by atoms with Crippen LogP contribution >= 0.6 is 12.4 Å². The highest BCUT2D eigenvalue weighted by molar-refractivity contribution is 5.85. The molecule has 68 valence electrons. The van der Waals surface area contributed by atoms with Crippen molar-refractivity contribution in [2.45, 2.75) is 6.54 Å². The molecule has 0 aromatic carbocycles. The predicted octanol–water partition coefficient (Wildman–Crippen LogP) is 0.172. The maximum Gasteiger partial charge on any atom is 0.381 e. The van der Waals surface area contributed by atoms with E-state index in [2.05, 4.69) is 4.98 Å². The Morgan fingerprint density at radius 2 is 2.42 bits per heavy atom. The van der Waals surface area contributed by atoms with Crippen molar-refractivity contribution in [2.24, 2.45) is 5.73 Å². The van der Waals surface area contributed by atoms with E-state index in [1.54, 1.807) is 4.57 Å². The standard InChI is InChI=1S/C5H8N4O2.ClH/c6-1-2-8-3-5(7-4-8)9(10)11;/h3-4H,1-2,6H2;1H. The number of halogens is 1. The molecule has 0 fully saturated rings. The summed E-state index contributed by atoms with van der Waals surface area (Å²) in [4.78, 5) is 13.1. The van der Waals surface area contributed by atoms with Gasteiger partial charge in [0.05, 0.1) is 0 Å². The first-order valence-corrected chi connectivity index (χ1v) is 3.10. The maximum absolute atomic E-state index is 10.1. The third-order valence-corrected chi connectivity index (χ3v) is 1.19. The van der Waals surface area contributed by atoms with Crippen LogP contribution in [0, 0.1) is 10.1 Å². The highest BCUT2D eigenvalue weighted by Crippen LogP contribution is 2.04. The van der Waals surface area contributed by atoms with Gasteiger partial charge in [0.15, 0.2) is 0 Å². The molecule has 0 aliphatic carbocycles. The average Bonchev–Trinajstić information content (AvgIpc) is 2.37. The Balaban J connectivity index is 0.00000121. The van der Waals surface area contributed by atoms with Crippen LogP contribution in [-0.4, -0.2) is 21.0 Å². The minimum atomic E-state index is -0.535. The lowest BCUT2D eigenvalue weighted by molar-refractivity contribution is -0.389. The third-order valence-electron chi connectivity index (χ3n) is 1.19. The highest BCUT2D eigenvalue weighted by Gasteiger charge is 2.07. The van der Waals surface area contributed by atoms with E-state index in [0.717, 1.165) is 0 Å². The van der Waals surface area contributed by atoms with E-state index in [4.69, 9.17) is 5.73 Å². The molecule has 2 N–H and O–H groups in total. The van der Waals surface area contributed by atoms with Crippen LogP contribution in [0.5, 0.6) is 0 Å². The lowest BCUT2D eigenvalue weighted by atomic mass is 10.6. The fourth-order valence-electron chi connectivity index (χ4n) is 0.714. The first-order valence-electron chi connectivity index (χ1n) is 3.10. The molecule has 1 aromatic heterocycles. The van der Waals surface area contributed by atoms with Crippen molar-refractivity contribution >= 4 is 18.2 Å². The molecule has 0 unspecified atom stereocenters. The van der Waals surface area contributed by atoms with Crippen LogP contribution in [0.4, 0.5) is 5.82 Å². The molecule has 12 heavy (non-hydrogen) atoms. The number of hydrogen-bond donors (Lipinski definition) is 1. The maximum atomic E-state index is 10.1. The summed E-state index contributed by atoms with van der Waals surface area (Å²) in [7, 11) is 0. The van der Waals surface area contributed by atoms with Crippen molar-refractivity contribution in [3.63, 3.8) is 0 Å². The molecule has 0 bridgehead atoms. The van der Waals surface area contributed by atoms with E-state index >= 15 is 0 Å². The van der Waals surface area contributed by atoms with E-state index in [-0.39, 0.29) is 18.2 Å². The van der Waals surface area contributed by atoms with Crippen LogP contribution in [0.2, 0.25) is 0 Å². The van der Waals surface area contributed by atoms with E-state index in [1.165, 1.54) is 12.5 Å². The molecule has 7 heteroatoms. The molecule has 1 rings (SSSR count). The van der Waals surface area contributed by atoms with Gasteiger partial charge in [0, 0.05) is 13.1 Å². The zero-order valence-electron chi connectivity index (χ0n) is 6.21. The van der Waals surface area contributed by atoms with Crippen molar-refractivity contribution in [1.29, 1.82) is 0 Å². The number of hydrogen-bond acceptors (Lipinski definition) is 4. The first-order chi connectivity index (χ1) is 5.24. The number of nitrogens with two attached hydrogens (primary N) is 1. The molecule has 0 spiro atoms. The number of aromatic nitrogens is 2. The van der Waals surface area contributed by atoms with Crippen molar-refractivity contribution < 1.29 is 4.92 Å². The van der Waals surface area contributed by atoms with Gasteiger partial charge in [-0.3, -0.25) is 0 Å². The Kier molecular flexibility index (Phi) is 4.24. The molecule has 1 heterocycles. The zero-order chi connectivity index (χ0) is 8.27. The second-order valence-corrected chi connectivity index (χ2v) is 2.02. The van der Waals surface area contributed by atoms with Crippen molar-refractivity contribution in [3.05, 3.63) is 22.6 Å². The van der Waals surface area contributed by atoms with Crippen LogP contribution in [0.3, 0.4) is 0 Å². The third kappa shape index (κ3) is 2.48. The molecule has 0 aliphatic rings. The Bertz CT molecular complexity index is 262. The van der Waals surface area contributed by atoms with Crippen LogP contribution in [0.1, 0.15) is 0 Å². The van der Waals surface area contributed by atoms with Crippen molar-refractivity contribution in [2.75, 3.05) is 6.54 Å². The SMILES string of the molecule is Cl.NCCn1cnc([N+](=O)[O-])c1. The smallest absolute Gasteiger partial charge is 0.358 e. The van der Waals surface area contributed by atoms with Crippen LogP contribution in [0.15, 0.2) is 12.5 Å². The number of rotatable bonds is 3. The number of nitrogens with zero attached hydrogens (tertiary/aromatic N) is 3. The zero-order valence-corrected chi connectivity index (χ0v) is 7.03.